The number of nitrogens with zero attached hydrogens (tertiary/aromatic N) is 2. The minimum Gasteiger partial charge on any atom is -0.337 e. The van der Waals surface area contributed by atoms with E-state index in [1.807, 2.05) is 18.7 Å². The van der Waals surface area contributed by atoms with Gasteiger partial charge in [-0.05, 0) is 57.4 Å². The Morgan fingerprint density at radius 2 is 1.83 bits per heavy atom. The minimum absolute atomic E-state index is 0.0551. The molecule has 7 heteroatoms. The molecule has 0 heterocycles. The average molecular weight is 356 g/mol. The Bertz CT molecular complexity index is 668. The molecule has 1 aromatic rings. The summed E-state index contributed by atoms with van der Waals surface area (Å²) in [5, 5.41) is 0. The first-order valence-corrected chi connectivity index (χ1v) is 9.70. The van der Waals surface area contributed by atoms with Gasteiger partial charge in [0.05, 0.1) is 4.90 Å². The normalized spacial score (nSPS) is 15.1. The van der Waals surface area contributed by atoms with E-state index in [1.165, 1.54) is 23.5 Å². The summed E-state index contributed by atoms with van der Waals surface area (Å²) in [4.78, 5) is 14.3. The summed E-state index contributed by atoms with van der Waals surface area (Å²) in [6, 6.07) is 5.28. The molecule has 5 nitrogen and oxygen atoms in total. The van der Waals surface area contributed by atoms with Crippen LogP contribution in [0.3, 0.4) is 0 Å². The second kappa shape index (κ2) is 7.61. The van der Waals surface area contributed by atoms with Gasteiger partial charge in [0.1, 0.15) is 5.82 Å². The predicted octanol–water partition coefficient (Wildman–Crippen LogP) is 2.63. The van der Waals surface area contributed by atoms with Crippen molar-refractivity contribution in [3.63, 3.8) is 0 Å². The van der Waals surface area contributed by atoms with E-state index in [1.54, 1.807) is 0 Å². The summed E-state index contributed by atoms with van der Waals surface area (Å²) >= 11 is 0. The van der Waals surface area contributed by atoms with Crippen LogP contribution in [0.4, 0.5) is 4.39 Å². The molecule has 0 bridgehead atoms. The SMILES string of the molecule is CC(C)N(C(=O)CCCN(C)S(=O)(=O)c1ccc(F)cc1)C1CC1. The summed E-state index contributed by atoms with van der Waals surface area (Å²) in [6.07, 6.45) is 2.91. The second-order valence-electron chi connectivity index (χ2n) is 6.51. The maximum atomic E-state index is 12.9. The van der Waals surface area contributed by atoms with E-state index < -0.39 is 15.8 Å². The minimum atomic E-state index is -3.65. The van der Waals surface area contributed by atoms with E-state index in [4.69, 9.17) is 0 Å². The molecular weight excluding hydrogens is 331 g/mol. The van der Waals surface area contributed by atoms with Gasteiger partial charge < -0.3 is 4.90 Å². The van der Waals surface area contributed by atoms with Gasteiger partial charge in [0.2, 0.25) is 15.9 Å². The molecule has 1 fully saturated rings. The molecule has 1 aromatic carbocycles. The van der Waals surface area contributed by atoms with Gasteiger partial charge in [-0.1, -0.05) is 0 Å². The van der Waals surface area contributed by atoms with Crippen molar-refractivity contribution in [1.82, 2.24) is 9.21 Å². The van der Waals surface area contributed by atoms with Crippen molar-refractivity contribution >= 4 is 15.9 Å². The van der Waals surface area contributed by atoms with E-state index in [9.17, 15) is 17.6 Å². The third kappa shape index (κ3) is 4.54. The first-order chi connectivity index (χ1) is 11.2. The summed E-state index contributed by atoms with van der Waals surface area (Å²) in [6.45, 7) is 4.25. The van der Waals surface area contributed by atoms with Crippen molar-refractivity contribution in [2.24, 2.45) is 0 Å². The van der Waals surface area contributed by atoms with E-state index in [-0.39, 0.29) is 23.4 Å². The van der Waals surface area contributed by atoms with Gasteiger partial charge >= 0.3 is 0 Å². The molecule has 0 radical (unpaired) electrons. The lowest BCUT2D eigenvalue weighted by molar-refractivity contribution is -0.133. The van der Waals surface area contributed by atoms with Crippen LogP contribution in [0.15, 0.2) is 29.2 Å². The maximum absolute atomic E-state index is 12.9. The Balaban J connectivity index is 1.89. The molecular formula is C17H25FN2O3S. The first kappa shape index (κ1) is 18.9. The zero-order valence-corrected chi connectivity index (χ0v) is 15.2. The van der Waals surface area contributed by atoms with Crippen molar-refractivity contribution in [3.8, 4) is 0 Å². The highest BCUT2D eigenvalue weighted by Gasteiger charge is 2.33. The molecule has 1 saturated carbocycles. The van der Waals surface area contributed by atoms with Crippen LogP contribution < -0.4 is 0 Å². The monoisotopic (exact) mass is 356 g/mol. The smallest absolute Gasteiger partial charge is 0.242 e. The number of carbonyl (C=O) groups excluding carboxylic acids is 1. The highest BCUT2D eigenvalue weighted by Crippen LogP contribution is 2.29. The zero-order valence-electron chi connectivity index (χ0n) is 14.4. The number of rotatable bonds is 8. The standard InChI is InChI=1S/C17H25FN2O3S/c1-13(2)20(15-8-9-15)17(21)5-4-12-19(3)24(22,23)16-10-6-14(18)7-11-16/h6-7,10-11,13,15H,4-5,8-9,12H2,1-3H3. The van der Waals surface area contributed by atoms with Crippen LogP contribution >= 0.6 is 0 Å². The zero-order chi connectivity index (χ0) is 17.9. The van der Waals surface area contributed by atoms with E-state index in [0.717, 1.165) is 25.0 Å². The van der Waals surface area contributed by atoms with Crippen molar-refractivity contribution in [3.05, 3.63) is 30.1 Å². The van der Waals surface area contributed by atoms with Crippen molar-refractivity contribution in [2.45, 2.75) is 56.5 Å². The molecule has 1 aliphatic carbocycles. The maximum Gasteiger partial charge on any atom is 0.242 e. The lowest BCUT2D eigenvalue weighted by atomic mass is 10.2. The fourth-order valence-corrected chi connectivity index (χ4v) is 3.96. The topological polar surface area (TPSA) is 57.7 Å². The van der Waals surface area contributed by atoms with Crippen LogP contribution in [0.1, 0.15) is 39.5 Å². The Labute approximate surface area is 143 Å². The molecule has 1 amide bonds. The van der Waals surface area contributed by atoms with Gasteiger partial charge in [0.15, 0.2) is 0 Å². The van der Waals surface area contributed by atoms with Gasteiger partial charge in [-0.3, -0.25) is 4.79 Å². The van der Waals surface area contributed by atoms with Gasteiger partial charge in [-0.2, -0.15) is 0 Å². The molecule has 0 N–H and O–H groups in total. The molecule has 134 valence electrons. The number of carbonyl (C=O) groups is 1. The van der Waals surface area contributed by atoms with Crippen LogP contribution in [0.2, 0.25) is 0 Å². The van der Waals surface area contributed by atoms with E-state index in [0.29, 0.717) is 18.9 Å². The number of hydrogen-bond donors (Lipinski definition) is 0. The van der Waals surface area contributed by atoms with E-state index in [2.05, 4.69) is 0 Å². The largest absolute Gasteiger partial charge is 0.337 e. The third-order valence-electron chi connectivity index (χ3n) is 4.17. The van der Waals surface area contributed by atoms with E-state index >= 15 is 0 Å². The fourth-order valence-electron chi connectivity index (χ4n) is 2.75. The van der Waals surface area contributed by atoms with Crippen molar-refractivity contribution in [1.29, 1.82) is 0 Å². The molecule has 24 heavy (non-hydrogen) atoms. The number of sulfonamides is 1. The van der Waals surface area contributed by atoms with Gasteiger partial charge in [-0.25, -0.2) is 17.1 Å². The number of benzene rings is 1. The number of hydrogen-bond acceptors (Lipinski definition) is 3. The molecule has 0 aliphatic heterocycles. The number of amides is 1. The predicted molar refractivity (Wildman–Crippen MR) is 90.5 cm³/mol. The average Bonchev–Trinajstić information content (AvgIpc) is 3.32. The molecule has 0 spiro atoms. The number of halogens is 1. The van der Waals surface area contributed by atoms with Gasteiger partial charge in [0, 0.05) is 32.1 Å². The second-order valence-corrected chi connectivity index (χ2v) is 8.55. The summed E-state index contributed by atoms with van der Waals surface area (Å²) < 4.78 is 38.9. The van der Waals surface area contributed by atoms with Crippen molar-refractivity contribution in [2.75, 3.05) is 13.6 Å². The molecule has 0 saturated heterocycles. The van der Waals surface area contributed by atoms with Crippen LogP contribution in [0.25, 0.3) is 0 Å². The third-order valence-corrected chi connectivity index (χ3v) is 6.04. The lowest BCUT2D eigenvalue weighted by Gasteiger charge is -2.27. The van der Waals surface area contributed by atoms with Crippen molar-refractivity contribution < 1.29 is 17.6 Å². The van der Waals surface area contributed by atoms with Gasteiger partial charge in [-0.15, -0.1) is 0 Å². The Hall–Kier alpha value is -1.47. The molecule has 0 aromatic heterocycles. The van der Waals surface area contributed by atoms with Crippen LogP contribution in [-0.2, 0) is 14.8 Å². The molecule has 2 rings (SSSR count). The molecule has 1 aliphatic rings. The quantitative estimate of drug-likeness (QED) is 0.719. The van der Waals surface area contributed by atoms with Crippen LogP contribution in [-0.4, -0.2) is 49.2 Å². The Morgan fingerprint density at radius 1 is 1.25 bits per heavy atom. The Kier molecular flexibility index (Phi) is 5.98. The summed E-state index contributed by atoms with van der Waals surface area (Å²) in [7, 11) is -2.18. The summed E-state index contributed by atoms with van der Waals surface area (Å²) in [5.41, 5.74) is 0. The first-order valence-electron chi connectivity index (χ1n) is 8.26. The van der Waals surface area contributed by atoms with Gasteiger partial charge in [0.25, 0.3) is 0 Å². The Morgan fingerprint density at radius 3 is 2.33 bits per heavy atom. The highest BCUT2D eigenvalue weighted by molar-refractivity contribution is 7.89. The highest BCUT2D eigenvalue weighted by atomic mass is 32.2. The molecule has 0 atom stereocenters. The van der Waals surface area contributed by atoms with Crippen LogP contribution in [0, 0.1) is 5.82 Å². The lowest BCUT2D eigenvalue weighted by Crippen LogP contribution is -2.39. The molecule has 0 unspecified atom stereocenters. The summed E-state index contributed by atoms with van der Waals surface area (Å²) in [5.74, 6) is -0.392. The van der Waals surface area contributed by atoms with Crippen LogP contribution in [0.5, 0.6) is 0 Å². The fraction of sp³-hybridized carbons (Fsp3) is 0.588.